The fourth-order valence-electron chi connectivity index (χ4n) is 5.67. The van der Waals surface area contributed by atoms with Crippen LogP contribution < -0.4 is 9.75 Å². The quantitative estimate of drug-likeness (QED) is 0.468. The number of aromatic nitrogens is 1. The van der Waals surface area contributed by atoms with Crippen molar-refractivity contribution in [3.8, 4) is 11.3 Å². The molecule has 1 aliphatic carbocycles. The first kappa shape index (κ1) is 21.7. The highest BCUT2D eigenvalue weighted by Gasteiger charge is 2.42. The van der Waals surface area contributed by atoms with Gasteiger partial charge in [0.2, 0.25) is 5.69 Å². The Balaban J connectivity index is 1.89. The molecule has 2 heterocycles. The third kappa shape index (κ3) is 4.14. The Labute approximate surface area is 183 Å². The number of fused-ring (bicyclic) bond motifs is 3. The average molecular weight is 425 g/mol. The van der Waals surface area contributed by atoms with Crippen molar-refractivity contribution in [1.29, 1.82) is 0 Å². The number of pyridine rings is 1. The molecule has 1 aromatic carbocycles. The van der Waals surface area contributed by atoms with E-state index in [4.69, 9.17) is 9.47 Å². The van der Waals surface area contributed by atoms with E-state index in [9.17, 15) is 0 Å². The Kier molecular flexibility index (Phi) is 6.47. The van der Waals surface area contributed by atoms with Crippen LogP contribution in [0.5, 0.6) is 0 Å². The predicted molar refractivity (Wildman–Crippen MR) is 126 cm³/mol. The smallest absolute Gasteiger partial charge is 0.213 e. The zero-order chi connectivity index (χ0) is 21.3. The maximum Gasteiger partial charge on any atom is 0.213 e. The molecule has 1 saturated carbocycles. The minimum absolute atomic E-state index is 0.260. The van der Waals surface area contributed by atoms with Crippen LogP contribution in [-0.2, 0) is 15.9 Å². The van der Waals surface area contributed by atoms with Crippen molar-refractivity contribution in [3.63, 3.8) is 0 Å². The summed E-state index contributed by atoms with van der Waals surface area (Å²) in [5.41, 5.74) is 5.72. The van der Waals surface area contributed by atoms with Crippen molar-refractivity contribution in [2.24, 2.45) is 5.92 Å². The molecule has 1 aliphatic heterocycles. The maximum absolute atomic E-state index is 5.73. The molecule has 1 aromatic heterocycles. The van der Waals surface area contributed by atoms with E-state index in [1.807, 2.05) is 14.2 Å². The molecule has 2 atom stereocenters. The number of ether oxygens (including phenoxy) is 2. The molecular formula is C26H38NO2Si+. The van der Waals surface area contributed by atoms with Crippen LogP contribution in [0.3, 0.4) is 0 Å². The van der Waals surface area contributed by atoms with Gasteiger partial charge in [-0.25, -0.2) is 0 Å². The lowest BCUT2D eigenvalue weighted by atomic mass is 9.83. The Morgan fingerprint density at radius 1 is 1.00 bits per heavy atom. The van der Waals surface area contributed by atoms with Crippen LogP contribution in [0.25, 0.3) is 11.3 Å². The Hall–Kier alpha value is -1.49. The Morgan fingerprint density at radius 3 is 2.37 bits per heavy atom. The summed E-state index contributed by atoms with van der Waals surface area (Å²) >= 11 is 0. The standard InChI is InChI=1S/C26H38NO2Si/c1-28-17-23-21-12-8-9-13-22(21)24-15-20(14-19-10-6-7-11-19)26(30(3,4)5)16-27(24)25(23)18-29-2/h8-9,12-13,15-16,19,23,25H,6-7,10-11,14,17-18H2,1-5H3/q+1. The van der Waals surface area contributed by atoms with Crippen molar-refractivity contribution in [3.05, 3.63) is 47.7 Å². The molecular weight excluding hydrogens is 386 g/mol. The second kappa shape index (κ2) is 8.94. The summed E-state index contributed by atoms with van der Waals surface area (Å²) in [7, 11) is 2.14. The van der Waals surface area contributed by atoms with E-state index in [1.165, 1.54) is 48.9 Å². The van der Waals surface area contributed by atoms with E-state index in [1.54, 1.807) is 10.8 Å². The van der Waals surface area contributed by atoms with Gasteiger partial charge in [0.05, 0.1) is 20.6 Å². The SMILES string of the molecule is COCC1c2ccccc2-c2cc(CC3CCCC3)c([Si](C)(C)C)c[n+]2C1COC. The normalized spacial score (nSPS) is 21.5. The summed E-state index contributed by atoms with van der Waals surface area (Å²) in [6.45, 7) is 8.88. The molecule has 0 amide bonds. The highest BCUT2D eigenvalue weighted by atomic mass is 28.3. The van der Waals surface area contributed by atoms with E-state index in [2.05, 4.69) is 60.7 Å². The lowest BCUT2D eigenvalue weighted by molar-refractivity contribution is -0.719. The van der Waals surface area contributed by atoms with Crippen LogP contribution in [0.1, 0.15) is 48.8 Å². The summed E-state index contributed by atoms with van der Waals surface area (Å²) in [5.74, 6) is 1.16. The van der Waals surface area contributed by atoms with Crippen molar-refractivity contribution in [2.45, 2.75) is 63.7 Å². The molecule has 4 rings (SSSR count). The lowest BCUT2D eigenvalue weighted by Crippen LogP contribution is -2.55. The highest BCUT2D eigenvalue weighted by molar-refractivity contribution is 6.88. The first-order chi connectivity index (χ1) is 14.4. The Morgan fingerprint density at radius 2 is 1.70 bits per heavy atom. The average Bonchev–Trinajstić information content (AvgIpc) is 3.22. The molecule has 1 fully saturated rings. The number of benzene rings is 1. The van der Waals surface area contributed by atoms with Gasteiger partial charge in [-0.15, -0.1) is 0 Å². The molecule has 0 radical (unpaired) electrons. The van der Waals surface area contributed by atoms with Crippen LogP contribution in [0.2, 0.25) is 19.6 Å². The first-order valence-electron chi connectivity index (χ1n) is 11.6. The summed E-state index contributed by atoms with van der Waals surface area (Å²) in [4.78, 5) is 0. The van der Waals surface area contributed by atoms with Crippen LogP contribution in [0.15, 0.2) is 36.5 Å². The molecule has 162 valence electrons. The van der Waals surface area contributed by atoms with Gasteiger partial charge < -0.3 is 9.47 Å². The molecule has 2 aromatic rings. The molecule has 0 saturated heterocycles. The van der Waals surface area contributed by atoms with Gasteiger partial charge in [-0.05, 0) is 29.5 Å². The first-order valence-corrected chi connectivity index (χ1v) is 15.1. The summed E-state index contributed by atoms with van der Waals surface area (Å²) in [5, 5.41) is 1.62. The number of nitrogens with zero attached hydrogens (tertiary/aromatic N) is 1. The maximum atomic E-state index is 5.73. The molecule has 2 unspecified atom stereocenters. The van der Waals surface area contributed by atoms with E-state index in [0.717, 1.165) is 5.92 Å². The minimum Gasteiger partial charge on any atom is -0.384 e. The fourth-order valence-corrected chi connectivity index (χ4v) is 7.34. The summed E-state index contributed by atoms with van der Waals surface area (Å²) in [6, 6.07) is 11.7. The zero-order valence-electron chi connectivity index (χ0n) is 19.4. The van der Waals surface area contributed by atoms with Crippen LogP contribution in [0, 0.1) is 5.92 Å². The fraction of sp³-hybridized carbons (Fsp3) is 0.577. The van der Waals surface area contributed by atoms with Gasteiger partial charge in [-0.1, -0.05) is 63.5 Å². The van der Waals surface area contributed by atoms with Crippen LogP contribution in [-0.4, -0.2) is 35.5 Å². The van der Waals surface area contributed by atoms with Crippen molar-refractivity contribution in [2.75, 3.05) is 27.4 Å². The molecule has 3 nitrogen and oxygen atoms in total. The molecule has 30 heavy (non-hydrogen) atoms. The zero-order valence-corrected chi connectivity index (χ0v) is 20.4. The van der Waals surface area contributed by atoms with Crippen molar-refractivity contribution in [1.82, 2.24) is 0 Å². The van der Waals surface area contributed by atoms with E-state index < -0.39 is 8.07 Å². The van der Waals surface area contributed by atoms with Crippen molar-refractivity contribution < 1.29 is 14.0 Å². The molecule has 0 spiro atoms. The van der Waals surface area contributed by atoms with Gasteiger partial charge in [0.25, 0.3) is 0 Å². The topological polar surface area (TPSA) is 22.3 Å². The van der Waals surface area contributed by atoms with Crippen LogP contribution >= 0.6 is 0 Å². The number of methoxy groups -OCH3 is 2. The second-order valence-corrected chi connectivity index (χ2v) is 15.3. The molecule has 4 heteroatoms. The van der Waals surface area contributed by atoms with E-state index in [0.29, 0.717) is 19.1 Å². The minimum atomic E-state index is -1.49. The molecule has 0 bridgehead atoms. The monoisotopic (exact) mass is 424 g/mol. The molecule has 2 aliphatic rings. The second-order valence-electron chi connectivity index (χ2n) is 10.3. The van der Waals surface area contributed by atoms with Gasteiger partial charge in [-0.2, -0.15) is 4.57 Å². The van der Waals surface area contributed by atoms with Gasteiger partial charge >= 0.3 is 0 Å². The van der Waals surface area contributed by atoms with Gasteiger partial charge in [0, 0.05) is 31.0 Å². The highest BCUT2D eigenvalue weighted by Crippen LogP contribution is 2.39. The van der Waals surface area contributed by atoms with E-state index in [-0.39, 0.29) is 6.04 Å². The van der Waals surface area contributed by atoms with E-state index >= 15 is 0 Å². The third-order valence-corrected chi connectivity index (χ3v) is 9.20. The largest absolute Gasteiger partial charge is 0.384 e. The third-order valence-electron chi connectivity index (χ3n) is 7.14. The predicted octanol–water partition coefficient (Wildman–Crippen LogP) is 4.85. The van der Waals surface area contributed by atoms with Crippen molar-refractivity contribution >= 4 is 13.3 Å². The van der Waals surface area contributed by atoms with Gasteiger partial charge in [-0.3, -0.25) is 0 Å². The number of hydrogen-bond donors (Lipinski definition) is 0. The van der Waals surface area contributed by atoms with Crippen LogP contribution in [0.4, 0.5) is 0 Å². The Bertz CT molecular complexity index is 883. The lowest BCUT2D eigenvalue weighted by Gasteiger charge is -2.32. The number of rotatable bonds is 7. The van der Waals surface area contributed by atoms with Gasteiger partial charge in [0.1, 0.15) is 6.61 Å². The summed E-state index contributed by atoms with van der Waals surface area (Å²) < 4.78 is 13.9. The van der Waals surface area contributed by atoms with Gasteiger partial charge in [0.15, 0.2) is 12.2 Å². The summed E-state index contributed by atoms with van der Waals surface area (Å²) in [6.07, 6.45) is 9.36. The number of hydrogen-bond acceptors (Lipinski definition) is 2. The molecule has 0 N–H and O–H groups in total.